The Morgan fingerprint density at radius 2 is 1.65 bits per heavy atom. The van der Waals surface area contributed by atoms with E-state index in [1.807, 2.05) is 38.1 Å². The number of aliphatic hydroxyl groups is 1. The standard InChI is InChI=1S/C17H19NO2/c1-4-17(19,15-9-11-18-12-10-15)14-5-7-16(8-6-14)20-13(2)3/h4-13,19H,1H2,2-3H3/t17-/m1/s1. The van der Waals surface area contributed by atoms with Crippen LogP contribution in [0.15, 0.2) is 61.4 Å². The largest absolute Gasteiger partial charge is 0.491 e. The van der Waals surface area contributed by atoms with Crippen LogP contribution in [0.5, 0.6) is 5.75 Å². The molecule has 0 aliphatic heterocycles. The van der Waals surface area contributed by atoms with Gasteiger partial charge in [-0.2, -0.15) is 0 Å². The van der Waals surface area contributed by atoms with Gasteiger partial charge in [0.2, 0.25) is 0 Å². The number of rotatable bonds is 5. The second kappa shape index (κ2) is 5.88. The molecule has 20 heavy (non-hydrogen) atoms. The molecule has 1 aromatic heterocycles. The molecule has 0 saturated heterocycles. The van der Waals surface area contributed by atoms with Crippen molar-refractivity contribution in [2.75, 3.05) is 0 Å². The molecule has 0 aliphatic carbocycles. The van der Waals surface area contributed by atoms with Crippen molar-refractivity contribution in [2.24, 2.45) is 0 Å². The van der Waals surface area contributed by atoms with Gasteiger partial charge in [0.1, 0.15) is 11.4 Å². The molecule has 1 heterocycles. The fraction of sp³-hybridized carbons (Fsp3) is 0.235. The summed E-state index contributed by atoms with van der Waals surface area (Å²) in [5.41, 5.74) is 0.258. The molecule has 0 aliphatic rings. The topological polar surface area (TPSA) is 42.4 Å². The second-order valence-corrected chi connectivity index (χ2v) is 4.90. The Labute approximate surface area is 119 Å². The lowest BCUT2D eigenvalue weighted by Gasteiger charge is -2.25. The summed E-state index contributed by atoms with van der Waals surface area (Å²) in [7, 11) is 0. The van der Waals surface area contributed by atoms with E-state index in [-0.39, 0.29) is 6.10 Å². The van der Waals surface area contributed by atoms with Gasteiger partial charge in [0.05, 0.1) is 6.10 Å². The first-order valence-corrected chi connectivity index (χ1v) is 6.60. The van der Waals surface area contributed by atoms with E-state index >= 15 is 0 Å². The molecule has 1 atom stereocenters. The van der Waals surface area contributed by atoms with Crippen LogP contribution in [0.3, 0.4) is 0 Å². The second-order valence-electron chi connectivity index (χ2n) is 4.90. The van der Waals surface area contributed by atoms with Gasteiger partial charge in [-0.15, -0.1) is 0 Å². The van der Waals surface area contributed by atoms with Crippen LogP contribution in [-0.2, 0) is 5.60 Å². The smallest absolute Gasteiger partial charge is 0.133 e. The molecule has 104 valence electrons. The summed E-state index contributed by atoms with van der Waals surface area (Å²) in [5, 5.41) is 10.8. The predicted octanol–water partition coefficient (Wildman–Crippen LogP) is 3.29. The minimum atomic E-state index is -1.22. The Bertz CT molecular complexity index is 563. The molecule has 3 heteroatoms. The first kappa shape index (κ1) is 14.3. The van der Waals surface area contributed by atoms with Gasteiger partial charge >= 0.3 is 0 Å². The molecule has 0 radical (unpaired) electrons. The number of nitrogens with zero attached hydrogens (tertiary/aromatic N) is 1. The third-order valence-corrected chi connectivity index (χ3v) is 3.08. The highest BCUT2D eigenvalue weighted by Gasteiger charge is 2.27. The third-order valence-electron chi connectivity index (χ3n) is 3.08. The van der Waals surface area contributed by atoms with Crippen LogP contribution in [0.4, 0.5) is 0 Å². The zero-order chi connectivity index (χ0) is 14.6. The fourth-order valence-electron chi connectivity index (χ4n) is 2.07. The Morgan fingerprint density at radius 1 is 1.10 bits per heavy atom. The highest BCUT2D eigenvalue weighted by atomic mass is 16.5. The van der Waals surface area contributed by atoms with Crippen LogP contribution < -0.4 is 4.74 Å². The van der Waals surface area contributed by atoms with Crippen molar-refractivity contribution in [3.05, 3.63) is 72.6 Å². The van der Waals surface area contributed by atoms with E-state index in [4.69, 9.17) is 4.74 Å². The van der Waals surface area contributed by atoms with E-state index in [1.165, 1.54) is 6.08 Å². The first-order chi connectivity index (χ1) is 9.56. The summed E-state index contributed by atoms with van der Waals surface area (Å²) in [4.78, 5) is 3.97. The maximum Gasteiger partial charge on any atom is 0.133 e. The van der Waals surface area contributed by atoms with Crippen LogP contribution >= 0.6 is 0 Å². The minimum absolute atomic E-state index is 0.124. The van der Waals surface area contributed by atoms with Crippen molar-refractivity contribution < 1.29 is 9.84 Å². The summed E-state index contributed by atoms with van der Waals surface area (Å²) in [6, 6.07) is 11.0. The average molecular weight is 269 g/mol. The number of benzene rings is 1. The molecule has 0 unspecified atom stereocenters. The summed E-state index contributed by atoms with van der Waals surface area (Å²) < 4.78 is 5.60. The number of hydrogen-bond donors (Lipinski definition) is 1. The van der Waals surface area contributed by atoms with Crippen LogP contribution in [0, 0.1) is 0 Å². The summed E-state index contributed by atoms with van der Waals surface area (Å²) in [5.74, 6) is 0.782. The molecule has 0 spiro atoms. The first-order valence-electron chi connectivity index (χ1n) is 6.60. The molecule has 0 bridgehead atoms. The van der Waals surface area contributed by atoms with Crippen LogP contribution in [0.1, 0.15) is 25.0 Å². The van der Waals surface area contributed by atoms with Crippen molar-refractivity contribution in [1.82, 2.24) is 4.98 Å². The summed E-state index contributed by atoms with van der Waals surface area (Å²) in [6.45, 7) is 7.71. The predicted molar refractivity (Wildman–Crippen MR) is 79.6 cm³/mol. The van der Waals surface area contributed by atoms with Crippen molar-refractivity contribution in [1.29, 1.82) is 0 Å². The van der Waals surface area contributed by atoms with Crippen molar-refractivity contribution in [3.8, 4) is 5.75 Å². The molecule has 2 rings (SSSR count). The van der Waals surface area contributed by atoms with Gasteiger partial charge in [0.15, 0.2) is 0 Å². The molecule has 2 aromatic rings. The Morgan fingerprint density at radius 3 is 2.15 bits per heavy atom. The van der Waals surface area contributed by atoms with Gasteiger partial charge in [-0.25, -0.2) is 0 Å². The lowest BCUT2D eigenvalue weighted by Crippen LogP contribution is -2.24. The maximum atomic E-state index is 10.8. The molecule has 1 N–H and O–H groups in total. The van der Waals surface area contributed by atoms with E-state index in [9.17, 15) is 5.11 Å². The van der Waals surface area contributed by atoms with Gasteiger partial charge in [0.25, 0.3) is 0 Å². The Hall–Kier alpha value is -2.13. The van der Waals surface area contributed by atoms with Crippen molar-refractivity contribution in [3.63, 3.8) is 0 Å². The van der Waals surface area contributed by atoms with Crippen LogP contribution in [0.2, 0.25) is 0 Å². The fourth-order valence-corrected chi connectivity index (χ4v) is 2.07. The van der Waals surface area contributed by atoms with Gasteiger partial charge < -0.3 is 9.84 Å². The van der Waals surface area contributed by atoms with Gasteiger partial charge in [0, 0.05) is 12.4 Å². The van der Waals surface area contributed by atoms with Gasteiger partial charge in [-0.05, 0) is 49.2 Å². The summed E-state index contributed by atoms with van der Waals surface area (Å²) >= 11 is 0. The highest BCUT2D eigenvalue weighted by Crippen LogP contribution is 2.31. The van der Waals surface area contributed by atoms with E-state index in [2.05, 4.69) is 11.6 Å². The highest BCUT2D eigenvalue weighted by molar-refractivity contribution is 5.41. The number of ether oxygens (including phenoxy) is 1. The Balaban J connectivity index is 2.35. The number of pyridine rings is 1. The van der Waals surface area contributed by atoms with Gasteiger partial charge in [-0.3, -0.25) is 4.98 Å². The zero-order valence-electron chi connectivity index (χ0n) is 11.8. The van der Waals surface area contributed by atoms with E-state index < -0.39 is 5.60 Å². The number of hydrogen-bond acceptors (Lipinski definition) is 3. The number of aromatic nitrogens is 1. The normalized spacial score (nSPS) is 13.8. The van der Waals surface area contributed by atoms with E-state index in [0.717, 1.165) is 16.9 Å². The lowest BCUT2D eigenvalue weighted by atomic mass is 9.87. The zero-order valence-corrected chi connectivity index (χ0v) is 11.8. The molecule has 1 aromatic carbocycles. The average Bonchev–Trinajstić information content (AvgIpc) is 2.47. The quantitative estimate of drug-likeness (QED) is 0.847. The molecule has 3 nitrogen and oxygen atoms in total. The summed E-state index contributed by atoms with van der Waals surface area (Å²) in [6.07, 6.45) is 4.96. The molecule has 0 fully saturated rings. The Kier molecular flexibility index (Phi) is 4.20. The minimum Gasteiger partial charge on any atom is -0.491 e. The van der Waals surface area contributed by atoms with Crippen molar-refractivity contribution in [2.45, 2.75) is 25.6 Å². The molecule has 0 amide bonds. The SMILES string of the molecule is C=C[C@](O)(c1ccncc1)c1ccc(OC(C)C)cc1. The van der Waals surface area contributed by atoms with Gasteiger partial charge in [-0.1, -0.05) is 24.8 Å². The molecular formula is C17H19NO2. The monoisotopic (exact) mass is 269 g/mol. The maximum absolute atomic E-state index is 10.8. The van der Waals surface area contributed by atoms with Crippen LogP contribution in [-0.4, -0.2) is 16.2 Å². The van der Waals surface area contributed by atoms with E-state index in [0.29, 0.717) is 0 Å². The molecular weight excluding hydrogens is 250 g/mol. The van der Waals surface area contributed by atoms with Crippen molar-refractivity contribution >= 4 is 0 Å². The van der Waals surface area contributed by atoms with E-state index in [1.54, 1.807) is 24.5 Å². The van der Waals surface area contributed by atoms with Crippen LogP contribution in [0.25, 0.3) is 0 Å². The third kappa shape index (κ3) is 2.89. The molecule has 0 saturated carbocycles. The lowest BCUT2D eigenvalue weighted by molar-refractivity contribution is 0.134.